The van der Waals surface area contributed by atoms with Crippen LogP contribution in [0.5, 0.6) is 11.5 Å². The number of hydrogen-bond acceptors (Lipinski definition) is 4. The van der Waals surface area contributed by atoms with Crippen molar-refractivity contribution in [2.45, 2.75) is 12.5 Å². The van der Waals surface area contributed by atoms with E-state index in [9.17, 15) is 8.42 Å². The molecule has 0 unspecified atom stereocenters. The molecule has 6 heteroatoms. The van der Waals surface area contributed by atoms with E-state index in [1.54, 1.807) is 18.5 Å². The Balaban J connectivity index is 2.21. The molecule has 1 aliphatic rings. The fraction of sp³-hybridized carbons (Fsp3) is 0.333. The molecule has 1 atom stereocenters. The van der Waals surface area contributed by atoms with Crippen molar-refractivity contribution in [3.8, 4) is 11.5 Å². The Morgan fingerprint density at radius 3 is 2.25 bits per heavy atom. The maximum absolute atomic E-state index is 12.3. The molecule has 24 heavy (non-hydrogen) atoms. The highest BCUT2D eigenvalue weighted by atomic mass is 32.2. The van der Waals surface area contributed by atoms with E-state index in [4.69, 9.17) is 9.47 Å². The second-order valence-corrected chi connectivity index (χ2v) is 7.78. The van der Waals surface area contributed by atoms with Crippen molar-refractivity contribution in [2.24, 2.45) is 0 Å². The zero-order valence-corrected chi connectivity index (χ0v) is 14.8. The molecule has 0 amide bonds. The van der Waals surface area contributed by atoms with Crippen LogP contribution in [-0.4, -0.2) is 39.7 Å². The summed E-state index contributed by atoms with van der Waals surface area (Å²) >= 11 is 0. The lowest BCUT2D eigenvalue weighted by Gasteiger charge is -2.36. The van der Waals surface area contributed by atoms with Gasteiger partial charge in [-0.25, -0.2) is 8.42 Å². The van der Waals surface area contributed by atoms with Gasteiger partial charge in [0.25, 0.3) is 0 Å². The number of fused-ring (bicyclic) bond motifs is 1. The van der Waals surface area contributed by atoms with Gasteiger partial charge < -0.3 is 9.47 Å². The van der Waals surface area contributed by atoms with Crippen LogP contribution in [-0.2, 0) is 16.4 Å². The van der Waals surface area contributed by atoms with E-state index in [-0.39, 0.29) is 6.04 Å². The van der Waals surface area contributed by atoms with Gasteiger partial charge in [-0.05, 0) is 35.2 Å². The molecule has 0 fully saturated rings. The topological polar surface area (TPSA) is 55.8 Å². The molecule has 0 spiro atoms. The van der Waals surface area contributed by atoms with Gasteiger partial charge in [-0.3, -0.25) is 0 Å². The third-order valence-electron chi connectivity index (χ3n) is 4.37. The van der Waals surface area contributed by atoms with Gasteiger partial charge in [0.05, 0.1) is 26.5 Å². The van der Waals surface area contributed by atoms with E-state index in [0.717, 1.165) is 16.7 Å². The van der Waals surface area contributed by atoms with E-state index >= 15 is 0 Å². The highest BCUT2D eigenvalue weighted by Gasteiger charge is 2.35. The Morgan fingerprint density at radius 2 is 1.67 bits per heavy atom. The zero-order chi connectivity index (χ0) is 17.3. The van der Waals surface area contributed by atoms with E-state index < -0.39 is 10.0 Å². The van der Waals surface area contributed by atoms with E-state index in [0.29, 0.717) is 24.5 Å². The zero-order valence-electron chi connectivity index (χ0n) is 14.0. The van der Waals surface area contributed by atoms with Crippen LogP contribution in [0.1, 0.15) is 22.7 Å². The van der Waals surface area contributed by atoms with Crippen molar-refractivity contribution < 1.29 is 17.9 Å². The molecular weight excluding hydrogens is 326 g/mol. The molecule has 0 aliphatic carbocycles. The van der Waals surface area contributed by atoms with E-state index in [2.05, 4.69) is 0 Å². The molecule has 2 aromatic rings. The average Bonchev–Trinajstić information content (AvgIpc) is 2.59. The quantitative estimate of drug-likeness (QED) is 0.853. The van der Waals surface area contributed by atoms with Gasteiger partial charge in [0.15, 0.2) is 11.5 Å². The van der Waals surface area contributed by atoms with Gasteiger partial charge in [0, 0.05) is 6.54 Å². The molecule has 2 aromatic carbocycles. The number of hydrogen-bond donors (Lipinski definition) is 0. The van der Waals surface area contributed by atoms with Gasteiger partial charge in [-0.15, -0.1) is 0 Å². The highest BCUT2D eigenvalue weighted by molar-refractivity contribution is 7.88. The number of sulfonamides is 1. The summed E-state index contributed by atoms with van der Waals surface area (Å²) in [4.78, 5) is 0. The number of nitrogens with zero attached hydrogens (tertiary/aromatic N) is 1. The molecule has 0 aromatic heterocycles. The molecule has 3 rings (SSSR count). The van der Waals surface area contributed by atoms with Gasteiger partial charge in [-0.2, -0.15) is 4.31 Å². The molecule has 0 saturated heterocycles. The lowest BCUT2D eigenvalue weighted by Crippen LogP contribution is -2.40. The van der Waals surface area contributed by atoms with Crippen LogP contribution in [0.2, 0.25) is 0 Å². The predicted octanol–water partition coefficient (Wildman–Crippen LogP) is 2.61. The fourth-order valence-corrected chi connectivity index (χ4v) is 4.30. The summed E-state index contributed by atoms with van der Waals surface area (Å²) in [6, 6.07) is 13.2. The minimum absolute atomic E-state index is 0.357. The summed E-state index contributed by atoms with van der Waals surface area (Å²) in [5.74, 6) is 1.27. The largest absolute Gasteiger partial charge is 0.493 e. The van der Waals surface area contributed by atoms with Crippen molar-refractivity contribution in [1.29, 1.82) is 0 Å². The first-order valence-electron chi connectivity index (χ1n) is 7.72. The van der Waals surface area contributed by atoms with Crippen molar-refractivity contribution in [1.82, 2.24) is 4.31 Å². The predicted molar refractivity (Wildman–Crippen MR) is 93.1 cm³/mol. The van der Waals surface area contributed by atoms with Crippen molar-refractivity contribution in [3.05, 3.63) is 59.2 Å². The maximum Gasteiger partial charge on any atom is 0.212 e. The number of methoxy groups -OCH3 is 2. The summed E-state index contributed by atoms with van der Waals surface area (Å²) in [5.41, 5.74) is 2.97. The molecule has 0 saturated carbocycles. The van der Waals surface area contributed by atoms with Crippen LogP contribution in [0.15, 0.2) is 42.5 Å². The Hall–Kier alpha value is -2.05. The van der Waals surface area contributed by atoms with E-state index in [1.165, 1.54) is 6.26 Å². The third kappa shape index (κ3) is 2.99. The standard InChI is InChI=1S/C18H21NO4S/c1-22-16-11-14-9-10-19(24(3,20)21)18(13-7-5-4-6-8-13)15(14)12-17(16)23-2/h4-8,11-12,18H,9-10H2,1-3H3/t18-/m1/s1. The van der Waals surface area contributed by atoms with Crippen molar-refractivity contribution in [3.63, 3.8) is 0 Å². The molecular formula is C18H21NO4S. The van der Waals surface area contributed by atoms with Crippen LogP contribution in [0.4, 0.5) is 0 Å². The third-order valence-corrected chi connectivity index (χ3v) is 5.62. The Bertz CT molecular complexity index is 834. The second-order valence-electron chi connectivity index (χ2n) is 5.84. The van der Waals surface area contributed by atoms with Crippen LogP contribution in [0.25, 0.3) is 0 Å². The molecule has 0 radical (unpaired) electrons. The van der Waals surface area contributed by atoms with Gasteiger partial charge in [0.1, 0.15) is 0 Å². The maximum atomic E-state index is 12.3. The molecule has 128 valence electrons. The smallest absolute Gasteiger partial charge is 0.212 e. The van der Waals surface area contributed by atoms with Gasteiger partial charge in [0.2, 0.25) is 10.0 Å². The SMILES string of the molecule is COc1cc2c(cc1OC)[C@@H](c1ccccc1)N(S(C)(=O)=O)CC2. The van der Waals surface area contributed by atoms with Gasteiger partial charge in [-0.1, -0.05) is 30.3 Å². The van der Waals surface area contributed by atoms with Crippen LogP contribution in [0, 0.1) is 0 Å². The number of rotatable bonds is 4. The first-order valence-corrected chi connectivity index (χ1v) is 9.57. The molecule has 1 heterocycles. The average molecular weight is 347 g/mol. The first kappa shape index (κ1) is 16.8. The molecule has 0 bridgehead atoms. The Labute approximate surface area is 142 Å². The summed E-state index contributed by atoms with van der Waals surface area (Å²) in [6.45, 7) is 0.445. The second kappa shape index (κ2) is 6.45. The van der Waals surface area contributed by atoms with Crippen LogP contribution in [0.3, 0.4) is 0 Å². The lowest BCUT2D eigenvalue weighted by molar-refractivity contribution is 0.333. The van der Waals surface area contributed by atoms with Crippen molar-refractivity contribution >= 4 is 10.0 Å². The monoisotopic (exact) mass is 347 g/mol. The summed E-state index contributed by atoms with van der Waals surface area (Å²) in [7, 11) is -0.156. The van der Waals surface area contributed by atoms with Gasteiger partial charge >= 0.3 is 0 Å². The number of benzene rings is 2. The lowest BCUT2D eigenvalue weighted by atomic mass is 9.89. The van der Waals surface area contributed by atoms with E-state index in [1.807, 2.05) is 42.5 Å². The Morgan fingerprint density at radius 1 is 1.04 bits per heavy atom. The minimum atomic E-state index is -3.34. The minimum Gasteiger partial charge on any atom is -0.493 e. The van der Waals surface area contributed by atoms with Crippen LogP contribution >= 0.6 is 0 Å². The van der Waals surface area contributed by atoms with Crippen molar-refractivity contribution in [2.75, 3.05) is 27.0 Å². The normalized spacial score (nSPS) is 18.0. The summed E-state index contributed by atoms with van der Waals surface area (Å²) < 4.78 is 37.0. The Kier molecular flexibility index (Phi) is 4.51. The number of ether oxygens (including phenoxy) is 2. The molecule has 0 N–H and O–H groups in total. The summed E-state index contributed by atoms with van der Waals surface area (Å²) in [6.07, 6.45) is 1.90. The molecule has 1 aliphatic heterocycles. The highest BCUT2D eigenvalue weighted by Crippen LogP contribution is 2.41. The fourth-order valence-electron chi connectivity index (χ4n) is 3.26. The summed E-state index contributed by atoms with van der Waals surface area (Å²) in [5, 5.41) is 0. The van der Waals surface area contributed by atoms with Crippen LogP contribution < -0.4 is 9.47 Å². The molecule has 5 nitrogen and oxygen atoms in total. The first-order chi connectivity index (χ1) is 11.5.